The number of hydrogen-bond acceptors (Lipinski definition) is 4. The molecule has 2 aliphatic carbocycles. The van der Waals surface area contributed by atoms with E-state index in [9.17, 15) is 4.79 Å². The van der Waals surface area contributed by atoms with Crippen LogP contribution in [0.2, 0.25) is 0 Å². The molecule has 4 heteroatoms. The Labute approximate surface area is 129 Å². The lowest BCUT2D eigenvalue weighted by atomic mass is 9.98. The Bertz CT molecular complexity index is 322. The zero-order chi connectivity index (χ0) is 15.1. The van der Waals surface area contributed by atoms with E-state index in [-0.39, 0.29) is 5.97 Å². The van der Waals surface area contributed by atoms with E-state index in [0.717, 1.165) is 0 Å². The average Bonchev–Trinajstić information content (AvgIpc) is 3.26. The standard InChI is InChI=1S/C17H31NO3/c1-3-20-16(19)17(2,18-14-10-11-14)12-13-21-15-8-6-4-5-7-9-15/h14-15,18H,3-13H2,1-2H3. The molecule has 2 aliphatic rings. The Kier molecular flexibility index (Phi) is 6.49. The van der Waals surface area contributed by atoms with Crippen molar-refractivity contribution < 1.29 is 14.3 Å². The molecule has 0 heterocycles. The van der Waals surface area contributed by atoms with Crippen LogP contribution in [0, 0.1) is 0 Å². The summed E-state index contributed by atoms with van der Waals surface area (Å²) in [5, 5.41) is 3.45. The van der Waals surface area contributed by atoms with Crippen molar-refractivity contribution in [2.24, 2.45) is 0 Å². The van der Waals surface area contributed by atoms with Gasteiger partial charge in [-0.25, -0.2) is 0 Å². The maximum atomic E-state index is 12.2. The highest BCUT2D eigenvalue weighted by molar-refractivity contribution is 5.80. The number of hydrogen-bond donors (Lipinski definition) is 1. The first-order chi connectivity index (χ1) is 10.1. The van der Waals surface area contributed by atoms with E-state index in [1.807, 2.05) is 13.8 Å². The van der Waals surface area contributed by atoms with E-state index >= 15 is 0 Å². The highest BCUT2D eigenvalue weighted by atomic mass is 16.5. The number of carbonyl (C=O) groups is 1. The van der Waals surface area contributed by atoms with Crippen molar-refractivity contribution in [3.05, 3.63) is 0 Å². The average molecular weight is 297 g/mol. The van der Waals surface area contributed by atoms with E-state index in [0.29, 0.717) is 31.8 Å². The molecule has 1 atom stereocenters. The molecule has 0 bridgehead atoms. The molecule has 0 aromatic carbocycles. The minimum absolute atomic E-state index is 0.138. The van der Waals surface area contributed by atoms with Gasteiger partial charge in [0, 0.05) is 12.6 Å². The number of carbonyl (C=O) groups excluding carboxylic acids is 1. The molecule has 0 saturated heterocycles. The van der Waals surface area contributed by atoms with Gasteiger partial charge >= 0.3 is 5.97 Å². The first kappa shape index (κ1) is 16.8. The van der Waals surface area contributed by atoms with Crippen LogP contribution in [0.4, 0.5) is 0 Å². The molecule has 0 amide bonds. The molecule has 21 heavy (non-hydrogen) atoms. The van der Waals surface area contributed by atoms with Crippen molar-refractivity contribution in [3.63, 3.8) is 0 Å². The molecule has 2 rings (SSSR count). The first-order valence-electron chi connectivity index (χ1n) is 8.70. The number of ether oxygens (including phenoxy) is 2. The van der Waals surface area contributed by atoms with Crippen LogP contribution < -0.4 is 5.32 Å². The van der Waals surface area contributed by atoms with Gasteiger partial charge in [0.05, 0.1) is 12.7 Å². The van der Waals surface area contributed by atoms with E-state index in [2.05, 4.69) is 5.32 Å². The van der Waals surface area contributed by atoms with Gasteiger partial charge in [-0.15, -0.1) is 0 Å². The number of esters is 1. The fourth-order valence-electron chi connectivity index (χ4n) is 3.04. The highest BCUT2D eigenvalue weighted by Gasteiger charge is 2.39. The van der Waals surface area contributed by atoms with E-state index in [1.165, 1.54) is 51.4 Å². The quantitative estimate of drug-likeness (QED) is 0.552. The molecule has 2 fully saturated rings. The molecule has 4 nitrogen and oxygen atoms in total. The molecular formula is C17H31NO3. The van der Waals surface area contributed by atoms with Crippen LogP contribution in [-0.4, -0.2) is 36.9 Å². The first-order valence-corrected chi connectivity index (χ1v) is 8.70. The normalized spacial score (nSPS) is 23.3. The van der Waals surface area contributed by atoms with E-state index in [4.69, 9.17) is 9.47 Å². The summed E-state index contributed by atoms with van der Waals surface area (Å²) in [6, 6.07) is 0.484. The van der Waals surface area contributed by atoms with Crippen LogP contribution in [0.1, 0.15) is 71.6 Å². The Morgan fingerprint density at radius 2 is 1.81 bits per heavy atom. The molecule has 1 unspecified atom stereocenters. The summed E-state index contributed by atoms with van der Waals surface area (Å²) in [6.07, 6.45) is 11.0. The second-order valence-corrected chi connectivity index (χ2v) is 6.71. The van der Waals surface area contributed by atoms with Gasteiger partial charge in [0.2, 0.25) is 0 Å². The molecule has 0 aromatic heterocycles. The fourth-order valence-corrected chi connectivity index (χ4v) is 3.04. The SMILES string of the molecule is CCOC(=O)C(C)(CCOC1CCCCCC1)NC1CC1. The van der Waals surface area contributed by atoms with Crippen molar-refractivity contribution in [2.75, 3.05) is 13.2 Å². The minimum Gasteiger partial charge on any atom is -0.465 e. The molecule has 0 radical (unpaired) electrons. The van der Waals surface area contributed by atoms with Crippen molar-refractivity contribution >= 4 is 5.97 Å². The molecular weight excluding hydrogens is 266 g/mol. The predicted molar refractivity (Wildman–Crippen MR) is 83.3 cm³/mol. The van der Waals surface area contributed by atoms with Gasteiger partial charge in [-0.2, -0.15) is 0 Å². The third-order valence-corrected chi connectivity index (χ3v) is 4.58. The molecule has 0 spiro atoms. The van der Waals surface area contributed by atoms with E-state index in [1.54, 1.807) is 0 Å². The summed E-state index contributed by atoms with van der Waals surface area (Å²) in [4.78, 5) is 12.2. The molecule has 0 aliphatic heterocycles. The minimum atomic E-state index is -0.595. The second kappa shape index (κ2) is 8.14. The predicted octanol–water partition coefficient (Wildman–Crippen LogP) is 3.19. The largest absolute Gasteiger partial charge is 0.465 e. The summed E-state index contributed by atoms with van der Waals surface area (Å²) >= 11 is 0. The van der Waals surface area contributed by atoms with Crippen LogP contribution in [0.5, 0.6) is 0 Å². The van der Waals surface area contributed by atoms with Gasteiger partial charge in [0.1, 0.15) is 5.54 Å². The van der Waals surface area contributed by atoms with Crippen LogP contribution in [0.25, 0.3) is 0 Å². The van der Waals surface area contributed by atoms with Crippen LogP contribution >= 0.6 is 0 Å². The lowest BCUT2D eigenvalue weighted by Crippen LogP contribution is -2.52. The summed E-state index contributed by atoms with van der Waals surface area (Å²) in [7, 11) is 0. The fraction of sp³-hybridized carbons (Fsp3) is 0.941. The Balaban J connectivity index is 1.78. The number of rotatable bonds is 8. The Morgan fingerprint density at radius 1 is 1.14 bits per heavy atom. The Hall–Kier alpha value is -0.610. The highest BCUT2D eigenvalue weighted by Crippen LogP contribution is 2.26. The lowest BCUT2D eigenvalue weighted by molar-refractivity contribution is -0.151. The lowest BCUT2D eigenvalue weighted by Gasteiger charge is -2.29. The van der Waals surface area contributed by atoms with Gasteiger partial charge in [0.25, 0.3) is 0 Å². The second-order valence-electron chi connectivity index (χ2n) is 6.71. The summed E-state index contributed by atoms with van der Waals surface area (Å²) in [5.74, 6) is -0.138. The third-order valence-electron chi connectivity index (χ3n) is 4.58. The van der Waals surface area contributed by atoms with Crippen molar-refractivity contribution in [2.45, 2.75) is 89.3 Å². The summed E-state index contributed by atoms with van der Waals surface area (Å²) in [5.41, 5.74) is -0.595. The van der Waals surface area contributed by atoms with Gasteiger partial charge < -0.3 is 9.47 Å². The van der Waals surface area contributed by atoms with Crippen LogP contribution in [0.3, 0.4) is 0 Å². The monoisotopic (exact) mass is 297 g/mol. The molecule has 0 aromatic rings. The van der Waals surface area contributed by atoms with Gasteiger partial charge in [-0.3, -0.25) is 10.1 Å². The summed E-state index contributed by atoms with van der Waals surface area (Å²) < 4.78 is 11.3. The molecule has 1 N–H and O–H groups in total. The topological polar surface area (TPSA) is 47.6 Å². The maximum Gasteiger partial charge on any atom is 0.326 e. The molecule has 2 saturated carbocycles. The van der Waals surface area contributed by atoms with Gasteiger partial charge in [0.15, 0.2) is 0 Å². The molecule has 122 valence electrons. The summed E-state index contributed by atoms with van der Waals surface area (Å²) in [6.45, 7) is 4.89. The van der Waals surface area contributed by atoms with Gasteiger partial charge in [-0.05, 0) is 46.0 Å². The van der Waals surface area contributed by atoms with Crippen LogP contribution in [0.15, 0.2) is 0 Å². The van der Waals surface area contributed by atoms with Crippen molar-refractivity contribution in [1.29, 1.82) is 0 Å². The van der Waals surface area contributed by atoms with Gasteiger partial charge in [-0.1, -0.05) is 25.7 Å². The van der Waals surface area contributed by atoms with Crippen molar-refractivity contribution in [3.8, 4) is 0 Å². The smallest absolute Gasteiger partial charge is 0.326 e. The zero-order valence-electron chi connectivity index (χ0n) is 13.7. The maximum absolute atomic E-state index is 12.2. The number of nitrogens with one attached hydrogen (secondary N) is 1. The Morgan fingerprint density at radius 3 is 2.38 bits per heavy atom. The zero-order valence-corrected chi connectivity index (χ0v) is 13.7. The van der Waals surface area contributed by atoms with E-state index < -0.39 is 5.54 Å². The van der Waals surface area contributed by atoms with Crippen LogP contribution in [-0.2, 0) is 14.3 Å². The third kappa shape index (κ3) is 5.59. The van der Waals surface area contributed by atoms with Crippen molar-refractivity contribution in [1.82, 2.24) is 5.32 Å².